The van der Waals surface area contributed by atoms with E-state index in [1.54, 1.807) is 26.3 Å². The molecule has 2 aromatic rings. The van der Waals surface area contributed by atoms with Gasteiger partial charge in [0.1, 0.15) is 11.5 Å². The minimum absolute atomic E-state index is 0. The summed E-state index contributed by atoms with van der Waals surface area (Å²) in [7, 11) is 3.32. The van der Waals surface area contributed by atoms with Crippen molar-refractivity contribution in [2.75, 3.05) is 27.4 Å². The molecule has 2 aromatic carbocycles. The highest BCUT2D eigenvalue weighted by Crippen LogP contribution is 2.22. The van der Waals surface area contributed by atoms with E-state index >= 15 is 0 Å². The number of aliphatic imine (C=N–C) groups is 1. The Labute approximate surface area is 199 Å². The Morgan fingerprint density at radius 1 is 1.06 bits per heavy atom. The quantitative estimate of drug-likeness (QED) is 0.187. The number of benzene rings is 2. The SMILES string of the molecule is CN=C(NCc1cccc(OCCCOC)c1)NCc1cc(C)ccc1OC(F)F.I. The van der Waals surface area contributed by atoms with E-state index in [0.29, 0.717) is 37.8 Å². The molecule has 2 N–H and O–H groups in total. The molecule has 0 heterocycles. The number of nitrogens with one attached hydrogen (secondary N) is 2. The maximum Gasteiger partial charge on any atom is 0.387 e. The maximum atomic E-state index is 12.6. The van der Waals surface area contributed by atoms with Gasteiger partial charge in [-0.1, -0.05) is 29.8 Å². The van der Waals surface area contributed by atoms with Crippen molar-refractivity contribution in [1.29, 1.82) is 0 Å². The van der Waals surface area contributed by atoms with Gasteiger partial charge in [0.2, 0.25) is 0 Å². The predicted molar refractivity (Wildman–Crippen MR) is 129 cm³/mol. The van der Waals surface area contributed by atoms with Crippen molar-refractivity contribution in [3.05, 3.63) is 59.2 Å². The van der Waals surface area contributed by atoms with Crippen molar-refractivity contribution in [2.45, 2.75) is 33.0 Å². The molecule has 0 unspecified atom stereocenters. The number of hydrogen-bond donors (Lipinski definition) is 2. The number of hydrogen-bond acceptors (Lipinski definition) is 4. The molecular formula is C22H30F2IN3O3. The number of ether oxygens (including phenoxy) is 3. The lowest BCUT2D eigenvalue weighted by atomic mass is 10.1. The van der Waals surface area contributed by atoms with Crippen molar-refractivity contribution in [3.63, 3.8) is 0 Å². The number of halogens is 3. The summed E-state index contributed by atoms with van der Waals surface area (Å²) in [5.41, 5.74) is 2.61. The summed E-state index contributed by atoms with van der Waals surface area (Å²) in [6.07, 6.45) is 0.825. The average molecular weight is 549 g/mol. The van der Waals surface area contributed by atoms with Gasteiger partial charge in [-0.2, -0.15) is 8.78 Å². The molecule has 6 nitrogen and oxygen atoms in total. The second kappa shape index (κ2) is 14.8. The van der Waals surface area contributed by atoms with E-state index in [-0.39, 0.29) is 29.7 Å². The number of rotatable bonds is 11. The first-order valence-corrected chi connectivity index (χ1v) is 9.71. The van der Waals surface area contributed by atoms with Gasteiger partial charge < -0.3 is 24.8 Å². The average Bonchev–Trinajstić information content (AvgIpc) is 2.73. The molecule has 0 radical (unpaired) electrons. The van der Waals surface area contributed by atoms with Crippen LogP contribution in [0.4, 0.5) is 8.78 Å². The lowest BCUT2D eigenvalue weighted by Gasteiger charge is -2.15. The van der Waals surface area contributed by atoms with E-state index < -0.39 is 6.61 Å². The minimum Gasteiger partial charge on any atom is -0.493 e. The molecule has 0 aliphatic carbocycles. The van der Waals surface area contributed by atoms with E-state index in [4.69, 9.17) is 9.47 Å². The van der Waals surface area contributed by atoms with Crippen molar-refractivity contribution >= 4 is 29.9 Å². The molecule has 172 valence electrons. The smallest absolute Gasteiger partial charge is 0.387 e. The molecule has 0 aliphatic heterocycles. The molecule has 0 bridgehead atoms. The first-order chi connectivity index (χ1) is 14.5. The Morgan fingerprint density at radius 2 is 1.84 bits per heavy atom. The number of alkyl halides is 2. The van der Waals surface area contributed by atoms with E-state index in [1.165, 1.54) is 0 Å². The number of methoxy groups -OCH3 is 1. The van der Waals surface area contributed by atoms with E-state index in [2.05, 4.69) is 20.4 Å². The molecule has 0 amide bonds. The third-order valence-corrected chi connectivity index (χ3v) is 4.22. The highest BCUT2D eigenvalue weighted by atomic mass is 127. The molecule has 0 atom stereocenters. The van der Waals surface area contributed by atoms with Crippen LogP contribution in [-0.4, -0.2) is 39.9 Å². The van der Waals surface area contributed by atoms with Gasteiger partial charge in [-0.3, -0.25) is 4.99 Å². The summed E-state index contributed by atoms with van der Waals surface area (Å²) in [6, 6.07) is 12.9. The predicted octanol–water partition coefficient (Wildman–Crippen LogP) is 4.49. The van der Waals surface area contributed by atoms with Gasteiger partial charge in [-0.05, 0) is 30.7 Å². The normalized spacial score (nSPS) is 11.1. The lowest BCUT2D eigenvalue weighted by molar-refractivity contribution is -0.0504. The van der Waals surface area contributed by atoms with Gasteiger partial charge in [-0.15, -0.1) is 24.0 Å². The van der Waals surface area contributed by atoms with Crippen molar-refractivity contribution in [3.8, 4) is 11.5 Å². The molecule has 2 rings (SSSR count). The Kier molecular flexibility index (Phi) is 12.8. The fourth-order valence-electron chi connectivity index (χ4n) is 2.78. The van der Waals surface area contributed by atoms with Gasteiger partial charge in [-0.25, -0.2) is 0 Å². The third-order valence-electron chi connectivity index (χ3n) is 4.22. The molecular weight excluding hydrogens is 519 g/mol. The number of guanidine groups is 1. The van der Waals surface area contributed by atoms with Crippen LogP contribution in [0.5, 0.6) is 11.5 Å². The monoisotopic (exact) mass is 549 g/mol. The van der Waals surface area contributed by atoms with Crippen LogP contribution in [-0.2, 0) is 17.8 Å². The fourth-order valence-corrected chi connectivity index (χ4v) is 2.78. The molecule has 0 saturated heterocycles. The molecule has 0 spiro atoms. The molecule has 0 fully saturated rings. The van der Waals surface area contributed by atoms with Gasteiger partial charge in [0, 0.05) is 45.8 Å². The van der Waals surface area contributed by atoms with Crippen molar-refractivity contribution in [1.82, 2.24) is 10.6 Å². The second-order valence-electron chi connectivity index (χ2n) is 6.61. The summed E-state index contributed by atoms with van der Waals surface area (Å²) in [5, 5.41) is 6.34. The highest BCUT2D eigenvalue weighted by molar-refractivity contribution is 14.0. The topological polar surface area (TPSA) is 64.1 Å². The lowest BCUT2D eigenvalue weighted by Crippen LogP contribution is -2.36. The zero-order valence-corrected chi connectivity index (χ0v) is 20.3. The molecule has 0 saturated carbocycles. The highest BCUT2D eigenvalue weighted by Gasteiger charge is 2.10. The van der Waals surface area contributed by atoms with Crippen LogP contribution in [0.25, 0.3) is 0 Å². The first kappa shape index (κ1) is 26.9. The van der Waals surface area contributed by atoms with Crippen LogP contribution in [0.2, 0.25) is 0 Å². The van der Waals surface area contributed by atoms with Crippen LogP contribution in [0.3, 0.4) is 0 Å². The van der Waals surface area contributed by atoms with Crippen molar-refractivity contribution in [2.24, 2.45) is 4.99 Å². The second-order valence-corrected chi connectivity index (χ2v) is 6.61. The van der Waals surface area contributed by atoms with Gasteiger partial charge in [0.15, 0.2) is 5.96 Å². The van der Waals surface area contributed by atoms with Crippen molar-refractivity contribution < 1.29 is 23.0 Å². The zero-order valence-electron chi connectivity index (χ0n) is 18.0. The molecule has 31 heavy (non-hydrogen) atoms. The Hall–Kier alpha value is -2.14. The minimum atomic E-state index is -2.87. The Balaban J connectivity index is 0.00000480. The summed E-state index contributed by atoms with van der Waals surface area (Å²) < 4.78 is 40.6. The summed E-state index contributed by atoms with van der Waals surface area (Å²) in [5.74, 6) is 1.49. The summed E-state index contributed by atoms with van der Waals surface area (Å²) in [4.78, 5) is 4.18. The third kappa shape index (κ3) is 10.1. The molecule has 0 aliphatic rings. The standard InChI is InChI=1S/C22H29F2N3O3.HI/c1-16-8-9-20(30-21(23)24)18(12-16)15-27-22(25-2)26-14-17-6-4-7-19(13-17)29-11-5-10-28-3;/h4,6-9,12-13,21H,5,10-11,14-15H2,1-3H3,(H2,25,26,27);1H. The van der Waals surface area contributed by atoms with Crippen LogP contribution >= 0.6 is 24.0 Å². The van der Waals surface area contributed by atoms with Crippen LogP contribution in [0, 0.1) is 6.92 Å². The maximum absolute atomic E-state index is 12.6. The molecule has 0 aromatic heterocycles. The van der Waals surface area contributed by atoms with Gasteiger partial charge in [0.25, 0.3) is 0 Å². The zero-order chi connectivity index (χ0) is 21.8. The van der Waals surface area contributed by atoms with Gasteiger partial charge >= 0.3 is 6.61 Å². The van der Waals surface area contributed by atoms with Gasteiger partial charge in [0.05, 0.1) is 6.61 Å². The fraction of sp³-hybridized carbons (Fsp3) is 0.409. The van der Waals surface area contributed by atoms with Crippen LogP contribution in [0.1, 0.15) is 23.1 Å². The Bertz CT molecular complexity index is 822. The number of aryl methyl sites for hydroxylation is 1. The van der Waals surface area contributed by atoms with E-state index in [9.17, 15) is 8.78 Å². The van der Waals surface area contributed by atoms with Crippen LogP contribution < -0.4 is 20.1 Å². The summed E-state index contributed by atoms with van der Waals surface area (Å²) >= 11 is 0. The number of nitrogens with zero attached hydrogens (tertiary/aromatic N) is 1. The van der Waals surface area contributed by atoms with E-state index in [0.717, 1.165) is 23.3 Å². The largest absolute Gasteiger partial charge is 0.493 e. The van der Waals surface area contributed by atoms with Crippen LogP contribution in [0.15, 0.2) is 47.5 Å². The van der Waals surface area contributed by atoms with E-state index in [1.807, 2.05) is 37.3 Å². The summed E-state index contributed by atoms with van der Waals surface area (Å²) in [6.45, 7) is 1.11. The first-order valence-electron chi connectivity index (χ1n) is 9.71. The Morgan fingerprint density at radius 3 is 2.55 bits per heavy atom. The molecule has 9 heteroatoms.